The molecule has 1 aromatic rings. The fraction of sp³-hybridized carbons (Fsp3) is 0.429. The molecule has 0 bridgehead atoms. The van der Waals surface area contributed by atoms with Gasteiger partial charge in [-0.15, -0.1) is 0 Å². The van der Waals surface area contributed by atoms with Crippen LogP contribution >= 0.6 is 0 Å². The number of pyridine rings is 1. The fourth-order valence-electron chi connectivity index (χ4n) is 1.14. The molecule has 22 heavy (non-hydrogen) atoms. The number of rotatable bonds is 7. The van der Waals surface area contributed by atoms with Crippen molar-refractivity contribution in [1.82, 2.24) is 4.98 Å². The highest BCUT2D eigenvalue weighted by Gasteiger charge is 1.87. The van der Waals surface area contributed by atoms with E-state index in [1.54, 1.807) is 12.4 Å². The molecule has 8 nitrogen and oxygen atoms in total. The van der Waals surface area contributed by atoms with E-state index in [9.17, 15) is 9.59 Å². The first-order valence-electron chi connectivity index (χ1n) is 6.62. The van der Waals surface area contributed by atoms with E-state index in [4.69, 9.17) is 4.79 Å². The second-order valence-corrected chi connectivity index (χ2v) is 3.79. The molecule has 0 unspecified atom stereocenters. The summed E-state index contributed by atoms with van der Waals surface area (Å²) in [7, 11) is 0. The highest BCUT2D eigenvalue weighted by Crippen LogP contribution is 1.99. The standard InChI is InChI=1S/C8H12N2O2.C5H5N.CH4N2O/c11-7-9-5-3-1-2-4-6-10-8-12;1-2-4-6-5-3-1;2-1(3)4/h1-6H2;1-5H;(H4,2,3,4). The van der Waals surface area contributed by atoms with Crippen LogP contribution in [0, 0.1) is 0 Å². The third kappa shape index (κ3) is 30.3. The van der Waals surface area contributed by atoms with Gasteiger partial charge >= 0.3 is 6.03 Å². The third-order valence-electron chi connectivity index (χ3n) is 1.99. The van der Waals surface area contributed by atoms with Gasteiger partial charge in [-0.2, -0.15) is 0 Å². The van der Waals surface area contributed by atoms with Crippen molar-refractivity contribution in [2.75, 3.05) is 13.1 Å². The van der Waals surface area contributed by atoms with Gasteiger partial charge in [-0.3, -0.25) is 4.98 Å². The summed E-state index contributed by atoms with van der Waals surface area (Å²) in [6, 6.07) is 4.88. The molecule has 1 aromatic heterocycles. The van der Waals surface area contributed by atoms with Gasteiger partial charge in [0.15, 0.2) is 0 Å². The van der Waals surface area contributed by atoms with Crippen molar-refractivity contribution in [1.29, 1.82) is 0 Å². The maximum atomic E-state index is 9.63. The number of hydrogen-bond acceptors (Lipinski definition) is 6. The number of nitrogens with zero attached hydrogens (tertiary/aromatic N) is 3. The van der Waals surface area contributed by atoms with E-state index < -0.39 is 6.03 Å². The summed E-state index contributed by atoms with van der Waals surface area (Å²) in [4.78, 5) is 38.9. The molecule has 0 aliphatic carbocycles. The minimum Gasteiger partial charge on any atom is -0.352 e. The Morgan fingerprint density at radius 1 is 0.864 bits per heavy atom. The van der Waals surface area contributed by atoms with Gasteiger partial charge in [0.25, 0.3) is 0 Å². The predicted octanol–water partition coefficient (Wildman–Crippen LogP) is 1.32. The zero-order valence-electron chi connectivity index (χ0n) is 12.4. The molecule has 1 heterocycles. The lowest BCUT2D eigenvalue weighted by atomic mass is 10.2. The van der Waals surface area contributed by atoms with Gasteiger partial charge in [0, 0.05) is 12.4 Å². The molecule has 0 spiro atoms. The molecule has 0 saturated carbocycles. The number of aliphatic imine (C=N–C) groups is 2. The van der Waals surface area contributed by atoms with Gasteiger partial charge in [0.2, 0.25) is 12.2 Å². The summed E-state index contributed by atoms with van der Waals surface area (Å²) < 4.78 is 0. The van der Waals surface area contributed by atoms with E-state index in [1.807, 2.05) is 18.2 Å². The number of isocyanates is 2. The number of hydrogen-bond donors (Lipinski definition) is 2. The van der Waals surface area contributed by atoms with Crippen molar-refractivity contribution >= 4 is 18.2 Å². The Morgan fingerprint density at radius 2 is 1.27 bits per heavy atom. The number of aromatic nitrogens is 1. The van der Waals surface area contributed by atoms with Crippen LogP contribution in [-0.4, -0.2) is 36.3 Å². The molecule has 0 saturated heterocycles. The molecule has 0 aliphatic heterocycles. The Labute approximate surface area is 129 Å². The predicted molar refractivity (Wildman–Crippen MR) is 82.5 cm³/mol. The molecular weight excluding hydrogens is 286 g/mol. The molecule has 120 valence electrons. The quantitative estimate of drug-likeness (QED) is 0.445. The first kappa shape index (κ1) is 21.5. The van der Waals surface area contributed by atoms with Crippen molar-refractivity contribution in [2.45, 2.75) is 25.7 Å². The van der Waals surface area contributed by atoms with E-state index in [2.05, 4.69) is 26.4 Å². The Kier molecular flexibility index (Phi) is 20.0. The number of urea groups is 1. The van der Waals surface area contributed by atoms with Crippen molar-refractivity contribution in [2.24, 2.45) is 21.5 Å². The van der Waals surface area contributed by atoms with Gasteiger partial charge in [-0.05, 0) is 25.0 Å². The Bertz CT molecular complexity index is 402. The highest BCUT2D eigenvalue weighted by molar-refractivity contribution is 5.69. The van der Waals surface area contributed by atoms with Crippen molar-refractivity contribution in [3.63, 3.8) is 0 Å². The lowest BCUT2D eigenvalue weighted by Crippen LogP contribution is -2.18. The number of primary amides is 2. The number of carbonyl (C=O) groups is 1. The van der Waals surface area contributed by atoms with Crippen LogP contribution in [0.3, 0.4) is 0 Å². The SMILES string of the molecule is NC(N)=O.O=C=NCCCCCCN=C=O.c1ccncc1. The molecule has 0 aromatic carbocycles. The number of carbonyl (C=O) groups excluding carboxylic acids is 3. The molecule has 0 fully saturated rings. The summed E-state index contributed by atoms with van der Waals surface area (Å²) in [5.41, 5.74) is 8.50. The normalized spacial score (nSPS) is 7.82. The van der Waals surface area contributed by atoms with Gasteiger partial charge < -0.3 is 11.5 Å². The topological polar surface area (TPSA) is 141 Å². The van der Waals surface area contributed by atoms with Crippen molar-refractivity contribution in [3.8, 4) is 0 Å². The van der Waals surface area contributed by atoms with Crippen LogP contribution in [0.25, 0.3) is 0 Å². The zero-order valence-corrected chi connectivity index (χ0v) is 12.4. The number of unbranched alkanes of at least 4 members (excludes halogenated alkanes) is 3. The van der Waals surface area contributed by atoms with E-state index >= 15 is 0 Å². The second-order valence-electron chi connectivity index (χ2n) is 3.79. The van der Waals surface area contributed by atoms with Crippen LogP contribution in [-0.2, 0) is 9.59 Å². The van der Waals surface area contributed by atoms with Gasteiger partial charge in [-0.25, -0.2) is 24.4 Å². The summed E-state index contributed by atoms with van der Waals surface area (Å²) in [5.74, 6) is 0. The third-order valence-corrected chi connectivity index (χ3v) is 1.99. The average molecular weight is 307 g/mol. The lowest BCUT2D eigenvalue weighted by molar-refractivity contribution is 0.256. The van der Waals surface area contributed by atoms with Gasteiger partial charge in [0.1, 0.15) is 0 Å². The largest absolute Gasteiger partial charge is 0.352 e. The fourth-order valence-corrected chi connectivity index (χ4v) is 1.14. The zero-order chi connectivity index (χ0) is 16.9. The Hall–Kier alpha value is -2.82. The summed E-state index contributed by atoms with van der Waals surface area (Å²) in [6.07, 6.45) is 10.3. The van der Waals surface area contributed by atoms with Crippen LogP contribution in [0.15, 0.2) is 40.6 Å². The average Bonchev–Trinajstić information content (AvgIpc) is 2.52. The van der Waals surface area contributed by atoms with E-state index in [0.29, 0.717) is 13.1 Å². The van der Waals surface area contributed by atoms with Gasteiger partial charge in [0.05, 0.1) is 13.1 Å². The molecule has 0 radical (unpaired) electrons. The Morgan fingerprint density at radius 3 is 1.50 bits per heavy atom. The maximum Gasteiger partial charge on any atom is 0.309 e. The smallest absolute Gasteiger partial charge is 0.309 e. The first-order valence-corrected chi connectivity index (χ1v) is 6.62. The van der Waals surface area contributed by atoms with Crippen molar-refractivity contribution < 1.29 is 14.4 Å². The van der Waals surface area contributed by atoms with Crippen LogP contribution in [0.4, 0.5) is 4.79 Å². The minimum atomic E-state index is -0.833. The van der Waals surface area contributed by atoms with Gasteiger partial charge in [-0.1, -0.05) is 18.9 Å². The minimum absolute atomic E-state index is 0.556. The molecule has 0 aliphatic rings. The molecule has 8 heteroatoms. The van der Waals surface area contributed by atoms with Crippen LogP contribution < -0.4 is 11.5 Å². The molecule has 1 rings (SSSR count). The van der Waals surface area contributed by atoms with Crippen molar-refractivity contribution in [3.05, 3.63) is 30.6 Å². The Balaban J connectivity index is 0. The molecule has 0 atom stereocenters. The first-order chi connectivity index (χ1) is 10.6. The number of nitrogens with two attached hydrogens (primary N) is 2. The van der Waals surface area contributed by atoms with E-state index in [-0.39, 0.29) is 0 Å². The van der Waals surface area contributed by atoms with E-state index in [1.165, 1.54) is 12.2 Å². The summed E-state index contributed by atoms with van der Waals surface area (Å²) in [6.45, 7) is 1.11. The maximum absolute atomic E-state index is 9.63. The molecule has 2 amide bonds. The van der Waals surface area contributed by atoms with E-state index in [0.717, 1.165) is 25.7 Å². The van der Waals surface area contributed by atoms with Crippen LogP contribution in [0.5, 0.6) is 0 Å². The van der Waals surface area contributed by atoms with Crippen LogP contribution in [0.2, 0.25) is 0 Å². The molecule has 4 N–H and O–H groups in total. The summed E-state index contributed by atoms with van der Waals surface area (Å²) >= 11 is 0. The summed E-state index contributed by atoms with van der Waals surface area (Å²) in [5, 5.41) is 0. The second kappa shape index (κ2) is 20.5. The van der Waals surface area contributed by atoms with Crippen LogP contribution in [0.1, 0.15) is 25.7 Å². The lowest BCUT2D eigenvalue weighted by Gasteiger charge is -1.93. The molecular formula is C14H21N5O3. The highest BCUT2D eigenvalue weighted by atomic mass is 16.2. The number of amides is 2. The monoisotopic (exact) mass is 307 g/mol.